The summed E-state index contributed by atoms with van der Waals surface area (Å²) in [7, 11) is 0. The normalized spacial score (nSPS) is 11.3. The molecule has 0 unspecified atom stereocenters. The molecule has 0 N–H and O–H groups in total. The van der Waals surface area contributed by atoms with Gasteiger partial charge in [0.05, 0.1) is 23.3 Å². The number of imidazole rings is 1. The number of para-hydroxylation sites is 1. The number of rotatable bonds is 5. The van der Waals surface area contributed by atoms with E-state index < -0.39 is 6.61 Å². The Morgan fingerprint density at radius 3 is 2.68 bits per heavy atom. The van der Waals surface area contributed by atoms with Crippen LogP contribution in [0.2, 0.25) is 5.15 Å². The number of halogens is 3. The molecule has 0 bridgehead atoms. The van der Waals surface area contributed by atoms with Gasteiger partial charge >= 0.3 is 6.61 Å². The van der Waals surface area contributed by atoms with E-state index in [0.29, 0.717) is 28.5 Å². The topological polar surface area (TPSA) is 52.3 Å². The van der Waals surface area contributed by atoms with Crippen LogP contribution in [0.15, 0.2) is 55.0 Å². The van der Waals surface area contributed by atoms with Crippen LogP contribution in [0.25, 0.3) is 16.9 Å². The molecule has 3 aromatic heterocycles. The number of hydrogen-bond acceptors (Lipinski definition) is 4. The summed E-state index contributed by atoms with van der Waals surface area (Å²) < 4.78 is 32.0. The van der Waals surface area contributed by atoms with Crippen LogP contribution in [0.3, 0.4) is 0 Å². The highest BCUT2D eigenvalue weighted by molar-refractivity contribution is 6.29. The van der Waals surface area contributed by atoms with Crippen LogP contribution in [0.1, 0.15) is 17.0 Å². The average molecular weight is 401 g/mol. The maximum absolute atomic E-state index is 12.7. The maximum atomic E-state index is 12.7. The van der Waals surface area contributed by atoms with Crippen LogP contribution in [0, 0.1) is 6.92 Å². The Morgan fingerprint density at radius 1 is 1.11 bits per heavy atom. The van der Waals surface area contributed by atoms with Gasteiger partial charge in [-0.2, -0.15) is 8.78 Å². The van der Waals surface area contributed by atoms with Gasteiger partial charge in [0, 0.05) is 29.9 Å². The molecule has 142 valence electrons. The van der Waals surface area contributed by atoms with Gasteiger partial charge in [0.1, 0.15) is 10.9 Å². The van der Waals surface area contributed by atoms with Gasteiger partial charge in [-0.25, -0.2) is 9.97 Å². The summed E-state index contributed by atoms with van der Waals surface area (Å²) in [6.07, 6.45) is 5.55. The van der Waals surface area contributed by atoms with Crippen LogP contribution >= 0.6 is 11.6 Å². The maximum Gasteiger partial charge on any atom is 0.387 e. The van der Waals surface area contributed by atoms with E-state index in [9.17, 15) is 8.78 Å². The second kappa shape index (κ2) is 7.52. The van der Waals surface area contributed by atoms with Crippen LogP contribution in [0.4, 0.5) is 8.78 Å². The van der Waals surface area contributed by atoms with Gasteiger partial charge in [0.2, 0.25) is 0 Å². The van der Waals surface area contributed by atoms with Gasteiger partial charge in [-0.3, -0.25) is 9.38 Å². The molecular formula is C20H15ClF2N4O. The van der Waals surface area contributed by atoms with Gasteiger partial charge in [-0.05, 0) is 25.1 Å². The van der Waals surface area contributed by atoms with Gasteiger partial charge in [0.15, 0.2) is 5.65 Å². The molecule has 3 heterocycles. The van der Waals surface area contributed by atoms with E-state index >= 15 is 0 Å². The molecule has 4 aromatic rings. The van der Waals surface area contributed by atoms with Crippen molar-refractivity contribution in [2.75, 3.05) is 0 Å². The van der Waals surface area contributed by atoms with Crippen molar-refractivity contribution in [3.63, 3.8) is 0 Å². The molecule has 8 heteroatoms. The lowest BCUT2D eigenvalue weighted by atomic mass is 10.1. The zero-order valence-electron chi connectivity index (χ0n) is 14.8. The number of pyridine rings is 1. The van der Waals surface area contributed by atoms with Crippen molar-refractivity contribution in [1.29, 1.82) is 0 Å². The molecule has 0 amide bonds. The van der Waals surface area contributed by atoms with E-state index in [1.54, 1.807) is 36.7 Å². The monoisotopic (exact) mass is 400 g/mol. The molecule has 28 heavy (non-hydrogen) atoms. The summed E-state index contributed by atoms with van der Waals surface area (Å²) in [4.78, 5) is 13.0. The zero-order valence-corrected chi connectivity index (χ0v) is 15.6. The highest BCUT2D eigenvalue weighted by Gasteiger charge is 2.15. The van der Waals surface area contributed by atoms with Crippen molar-refractivity contribution in [1.82, 2.24) is 19.4 Å². The first-order chi connectivity index (χ1) is 13.5. The fraction of sp³-hybridized carbons (Fsp3) is 0.150. The van der Waals surface area contributed by atoms with Crippen LogP contribution in [0.5, 0.6) is 5.75 Å². The Bertz CT molecular complexity index is 1130. The Morgan fingerprint density at radius 2 is 1.93 bits per heavy atom. The van der Waals surface area contributed by atoms with Crippen molar-refractivity contribution in [2.45, 2.75) is 20.0 Å². The third-order valence-electron chi connectivity index (χ3n) is 4.38. The summed E-state index contributed by atoms with van der Waals surface area (Å²) in [6, 6.07) is 10.3. The molecule has 0 radical (unpaired) electrons. The smallest absolute Gasteiger partial charge is 0.387 e. The number of nitrogens with zero attached hydrogens (tertiary/aromatic N) is 4. The molecule has 0 spiro atoms. The van der Waals surface area contributed by atoms with E-state index in [4.69, 9.17) is 11.6 Å². The standard InChI is InChI=1S/C20H15ClF2N4O/c1-12-16(8-13-4-2-3-5-17(13)28-20(22)23)27-11-15(24-10-19(27)26-12)14-6-7-18(21)25-9-14/h2-7,9-11,20H,8H2,1H3. The van der Waals surface area contributed by atoms with Gasteiger partial charge in [-0.1, -0.05) is 29.8 Å². The molecule has 4 rings (SSSR count). The highest BCUT2D eigenvalue weighted by atomic mass is 35.5. The first-order valence-corrected chi connectivity index (χ1v) is 8.87. The molecule has 0 saturated heterocycles. The summed E-state index contributed by atoms with van der Waals surface area (Å²) in [5.74, 6) is 0.156. The molecule has 0 aliphatic heterocycles. The minimum Gasteiger partial charge on any atom is -0.435 e. The van der Waals surface area contributed by atoms with Crippen LogP contribution in [-0.2, 0) is 6.42 Å². The van der Waals surface area contributed by atoms with Crippen molar-refractivity contribution in [3.8, 4) is 17.0 Å². The lowest BCUT2D eigenvalue weighted by Crippen LogP contribution is -2.06. The zero-order chi connectivity index (χ0) is 19.7. The first-order valence-electron chi connectivity index (χ1n) is 8.49. The SMILES string of the molecule is Cc1nc2cnc(-c3ccc(Cl)nc3)cn2c1Cc1ccccc1OC(F)F. The summed E-state index contributed by atoms with van der Waals surface area (Å²) in [5, 5.41) is 0.402. The largest absolute Gasteiger partial charge is 0.435 e. The second-order valence-corrected chi connectivity index (χ2v) is 6.56. The predicted octanol–water partition coefficient (Wildman–Crippen LogP) is 4.95. The molecule has 5 nitrogen and oxygen atoms in total. The Labute approximate surface area is 164 Å². The van der Waals surface area contributed by atoms with E-state index in [1.165, 1.54) is 6.07 Å². The summed E-state index contributed by atoms with van der Waals surface area (Å²) in [5.41, 5.74) is 4.49. The van der Waals surface area contributed by atoms with Gasteiger partial charge in [-0.15, -0.1) is 0 Å². The fourth-order valence-electron chi connectivity index (χ4n) is 3.05. The second-order valence-electron chi connectivity index (χ2n) is 6.18. The summed E-state index contributed by atoms with van der Waals surface area (Å²) >= 11 is 5.85. The number of ether oxygens (including phenoxy) is 1. The first kappa shape index (κ1) is 18.3. The van der Waals surface area contributed by atoms with Gasteiger partial charge in [0.25, 0.3) is 0 Å². The predicted molar refractivity (Wildman–Crippen MR) is 102 cm³/mol. The Kier molecular flexibility index (Phi) is 4.92. The van der Waals surface area contributed by atoms with E-state index in [1.807, 2.05) is 23.6 Å². The number of aromatic nitrogens is 4. The minimum absolute atomic E-state index is 0.156. The van der Waals surface area contributed by atoms with Crippen molar-refractivity contribution < 1.29 is 13.5 Å². The van der Waals surface area contributed by atoms with Crippen molar-refractivity contribution in [3.05, 3.63) is 77.1 Å². The van der Waals surface area contributed by atoms with Crippen molar-refractivity contribution in [2.24, 2.45) is 0 Å². The molecule has 0 atom stereocenters. The average Bonchev–Trinajstić information content (AvgIpc) is 2.98. The number of alkyl halides is 2. The lowest BCUT2D eigenvalue weighted by molar-refractivity contribution is -0.0503. The number of fused-ring (bicyclic) bond motifs is 1. The number of benzene rings is 1. The van der Waals surface area contributed by atoms with Gasteiger partial charge < -0.3 is 4.74 Å². The molecule has 0 fully saturated rings. The quantitative estimate of drug-likeness (QED) is 0.445. The molecule has 0 aliphatic rings. The molecule has 0 saturated carbocycles. The molecule has 0 aliphatic carbocycles. The van der Waals surface area contributed by atoms with E-state index in [-0.39, 0.29) is 5.75 Å². The van der Waals surface area contributed by atoms with Crippen LogP contribution in [-0.4, -0.2) is 26.0 Å². The van der Waals surface area contributed by atoms with E-state index in [0.717, 1.165) is 17.0 Å². The Balaban J connectivity index is 1.76. The lowest BCUT2D eigenvalue weighted by Gasteiger charge is -2.11. The molecular weight excluding hydrogens is 386 g/mol. The summed E-state index contributed by atoms with van der Waals surface area (Å²) in [6.45, 7) is -1.000. The third kappa shape index (κ3) is 3.66. The Hall–Kier alpha value is -3.06. The van der Waals surface area contributed by atoms with Crippen LogP contribution < -0.4 is 4.74 Å². The molecule has 1 aromatic carbocycles. The highest BCUT2D eigenvalue weighted by Crippen LogP contribution is 2.26. The minimum atomic E-state index is -2.88. The third-order valence-corrected chi connectivity index (χ3v) is 4.60. The number of hydrogen-bond donors (Lipinski definition) is 0. The van der Waals surface area contributed by atoms with E-state index in [2.05, 4.69) is 19.7 Å². The van der Waals surface area contributed by atoms with Crippen molar-refractivity contribution >= 4 is 17.2 Å². The number of aryl methyl sites for hydroxylation is 1. The fourth-order valence-corrected chi connectivity index (χ4v) is 3.16.